The second-order valence-corrected chi connectivity index (χ2v) is 8.62. The van der Waals surface area contributed by atoms with Gasteiger partial charge in [0.25, 0.3) is 0 Å². The summed E-state index contributed by atoms with van der Waals surface area (Å²) < 4.78 is 7.42. The van der Waals surface area contributed by atoms with Gasteiger partial charge in [-0.15, -0.1) is 0 Å². The average molecular weight is 450 g/mol. The largest absolute Gasteiger partial charge is 0.331 e. The van der Waals surface area contributed by atoms with E-state index in [9.17, 15) is 4.79 Å². The predicted octanol–water partition coefficient (Wildman–Crippen LogP) is 3.99. The summed E-state index contributed by atoms with van der Waals surface area (Å²) in [7, 11) is 5.55. The molecule has 2 aromatic carbocycles. The minimum atomic E-state index is -0.0493. The van der Waals surface area contributed by atoms with E-state index in [1.54, 1.807) is 29.6 Å². The summed E-state index contributed by atoms with van der Waals surface area (Å²) in [6.07, 6.45) is 5.42. The molecule has 0 aliphatic rings. The van der Waals surface area contributed by atoms with Crippen LogP contribution in [0.1, 0.15) is 5.69 Å². The van der Waals surface area contributed by atoms with E-state index in [1.165, 1.54) is 0 Å². The Morgan fingerprint density at radius 1 is 0.824 bits per heavy atom. The molecule has 0 fully saturated rings. The van der Waals surface area contributed by atoms with Gasteiger partial charge in [-0.25, -0.2) is 14.8 Å². The Kier molecular flexibility index (Phi) is 4.32. The highest BCUT2D eigenvalue weighted by molar-refractivity contribution is 5.88. The predicted molar refractivity (Wildman–Crippen MR) is 133 cm³/mol. The summed E-state index contributed by atoms with van der Waals surface area (Å²) in [6.45, 7) is 1.99. The van der Waals surface area contributed by atoms with Crippen LogP contribution in [0.5, 0.6) is 0 Å². The third-order valence-corrected chi connectivity index (χ3v) is 6.44. The Balaban J connectivity index is 1.64. The maximum absolute atomic E-state index is 12.5. The van der Waals surface area contributed by atoms with Crippen molar-refractivity contribution in [1.82, 2.24) is 33.2 Å². The van der Waals surface area contributed by atoms with E-state index in [0.29, 0.717) is 0 Å². The third-order valence-electron chi connectivity index (χ3n) is 6.44. The molecule has 34 heavy (non-hydrogen) atoms. The minimum Gasteiger partial charge on any atom is -0.331 e. The maximum atomic E-state index is 12.5. The first-order valence-electron chi connectivity index (χ1n) is 11.0. The van der Waals surface area contributed by atoms with Crippen LogP contribution in [0.25, 0.3) is 50.4 Å². The van der Waals surface area contributed by atoms with Crippen molar-refractivity contribution in [2.24, 2.45) is 21.1 Å². The van der Waals surface area contributed by atoms with Gasteiger partial charge in [-0.05, 0) is 60.5 Å². The molecular weight excluding hydrogens is 426 g/mol. The molecule has 6 aromatic rings. The number of aryl methyl sites for hydroxylation is 4. The van der Waals surface area contributed by atoms with Gasteiger partial charge >= 0.3 is 5.69 Å². The number of aromatic nitrogens is 7. The number of nitrogens with zero attached hydrogens (tertiary/aromatic N) is 7. The summed E-state index contributed by atoms with van der Waals surface area (Å²) >= 11 is 0. The maximum Gasteiger partial charge on any atom is 0.328 e. The van der Waals surface area contributed by atoms with Crippen LogP contribution in [-0.4, -0.2) is 33.2 Å². The number of hydrogen-bond acceptors (Lipinski definition) is 4. The molecule has 8 nitrogen and oxygen atoms in total. The van der Waals surface area contributed by atoms with E-state index < -0.39 is 0 Å². The molecule has 0 spiro atoms. The van der Waals surface area contributed by atoms with Crippen molar-refractivity contribution in [3.05, 3.63) is 83.4 Å². The zero-order chi connectivity index (χ0) is 23.6. The van der Waals surface area contributed by atoms with Crippen LogP contribution in [0.2, 0.25) is 0 Å². The molecule has 0 atom stereocenters. The summed E-state index contributed by atoms with van der Waals surface area (Å²) in [5, 5.41) is 0. The highest BCUT2D eigenvalue weighted by atomic mass is 16.1. The van der Waals surface area contributed by atoms with Crippen molar-refractivity contribution in [3.63, 3.8) is 0 Å². The smallest absolute Gasteiger partial charge is 0.328 e. The quantitative estimate of drug-likeness (QED) is 0.410. The van der Waals surface area contributed by atoms with Gasteiger partial charge in [0.15, 0.2) is 5.82 Å². The molecular formula is C26H23N7O. The zero-order valence-corrected chi connectivity index (χ0v) is 19.4. The summed E-state index contributed by atoms with van der Waals surface area (Å²) in [5.41, 5.74) is 8.56. The van der Waals surface area contributed by atoms with Crippen LogP contribution in [0.15, 0.2) is 72.0 Å². The van der Waals surface area contributed by atoms with Crippen LogP contribution in [-0.2, 0) is 21.1 Å². The zero-order valence-electron chi connectivity index (χ0n) is 19.4. The van der Waals surface area contributed by atoms with Crippen LogP contribution in [0.3, 0.4) is 0 Å². The fourth-order valence-electron chi connectivity index (χ4n) is 4.63. The molecule has 168 valence electrons. The highest BCUT2D eigenvalue weighted by Crippen LogP contribution is 2.32. The van der Waals surface area contributed by atoms with Gasteiger partial charge in [0.05, 0.1) is 34.6 Å². The summed E-state index contributed by atoms with van der Waals surface area (Å²) in [4.78, 5) is 26.1. The third kappa shape index (κ3) is 2.92. The molecule has 8 heteroatoms. The van der Waals surface area contributed by atoms with E-state index in [0.717, 1.165) is 56.1 Å². The average Bonchev–Trinajstić information content (AvgIpc) is 3.49. The van der Waals surface area contributed by atoms with Gasteiger partial charge in [-0.3, -0.25) is 18.7 Å². The number of pyridine rings is 1. The minimum absolute atomic E-state index is 0.0493. The lowest BCUT2D eigenvalue weighted by atomic mass is 10.1. The molecule has 0 N–H and O–H groups in total. The summed E-state index contributed by atoms with van der Waals surface area (Å²) in [5.74, 6) is 0.790. The number of fused-ring (bicyclic) bond motifs is 2. The molecule has 0 aliphatic carbocycles. The van der Waals surface area contributed by atoms with Crippen molar-refractivity contribution in [2.45, 2.75) is 6.92 Å². The van der Waals surface area contributed by atoms with Crippen molar-refractivity contribution in [3.8, 4) is 28.3 Å². The Morgan fingerprint density at radius 2 is 1.59 bits per heavy atom. The molecule has 0 saturated carbocycles. The van der Waals surface area contributed by atoms with Crippen LogP contribution in [0, 0.1) is 6.92 Å². The first-order valence-corrected chi connectivity index (χ1v) is 11.0. The monoisotopic (exact) mass is 449 g/mol. The molecule has 4 heterocycles. The molecule has 4 aromatic heterocycles. The Hall–Kier alpha value is -4.46. The topological polar surface area (TPSA) is 75.5 Å². The molecule has 0 bridgehead atoms. The first-order chi connectivity index (χ1) is 16.4. The molecule has 0 aliphatic heterocycles. The van der Waals surface area contributed by atoms with E-state index >= 15 is 0 Å². The fraction of sp³-hybridized carbons (Fsp3) is 0.154. The second kappa shape index (κ2) is 7.28. The molecule has 0 radical (unpaired) electrons. The highest BCUT2D eigenvalue weighted by Gasteiger charge is 2.19. The van der Waals surface area contributed by atoms with E-state index in [2.05, 4.69) is 38.8 Å². The van der Waals surface area contributed by atoms with Crippen molar-refractivity contribution in [2.75, 3.05) is 0 Å². The van der Waals surface area contributed by atoms with Gasteiger partial charge in [0.2, 0.25) is 0 Å². The summed E-state index contributed by atoms with van der Waals surface area (Å²) in [6, 6.07) is 16.5. The molecule has 0 saturated heterocycles. The first kappa shape index (κ1) is 20.2. The number of benzene rings is 2. The lowest BCUT2D eigenvalue weighted by Crippen LogP contribution is -2.19. The number of hydrogen-bond donors (Lipinski definition) is 0. The van der Waals surface area contributed by atoms with Crippen molar-refractivity contribution >= 4 is 22.1 Å². The fourth-order valence-corrected chi connectivity index (χ4v) is 4.63. The van der Waals surface area contributed by atoms with Crippen LogP contribution < -0.4 is 5.69 Å². The molecule has 0 unspecified atom stereocenters. The van der Waals surface area contributed by atoms with Gasteiger partial charge in [-0.2, -0.15) is 0 Å². The lowest BCUT2D eigenvalue weighted by molar-refractivity contribution is 0.795. The molecule has 0 amide bonds. The lowest BCUT2D eigenvalue weighted by Gasteiger charge is -2.11. The van der Waals surface area contributed by atoms with E-state index in [4.69, 9.17) is 4.98 Å². The number of imidazole rings is 3. The Morgan fingerprint density at radius 3 is 2.35 bits per heavy atom. The Bertz CT molecular complexity index is 1780. The van der Waals surface area contributed by atoms with Gasteiger partial charge < -0.3 is 4.57 Å². The normalized spacial score (nSPS) is 11.6. The van der Waals surface area contributed by atoms with Crippen molar-refractivity contribution in [1.29, 1.82) is 0 Å². The second-order valence-electron chi connectivity index (χ2n) is 8.62. The Labute approximate surface area is 195 Å². The van der Waals surface area contributed by atoms with Crippen LogP contribution >= 0.6 is 0 Å². The van der Waals surface area contributed by atoms with E-state index in [-0.39, 0.29) is 5.69 Å². The van der Waals surface area contributed by atoms with Gasteiger partial charge in [0, 0.05) is 38.7 Å². The standard InChI is InChI=1S/C26H23N7O/c1-16-11-18(9-10-28-16)17-5-7-21-20(12-17)29-25(24-14-27-15-30(24)2)33(21)19-6-8-22-23(13-19)32(4)26(34)31(22)3/h5-15H,1-4H3. The number of rotatable bonds is 3. The SMILES string of the molecule is Cc1cc(-c2ccc3c(c2)nc(-c2cncn2C)n3-c2ccc3c(c2)n(C)c(=O)n3C)ccn1. The van der Waals surface area contributed by atoms with Crippen molar-refractivity contribution < 1.29 is 0 Å². The van der Waals surface area contributed by atoms with Crippen LogP contribution in [0.4, 0.5) is 0 Å². The molecule has 6 rings (SSSR count). The van der Waals surface area contributed by atoms with Gasteiger partial charge in [0.1, 0.15) is 5.69 Å². The van der Waals surface area contributed by atoms with E-state index in [1.807, 2.05) is 55.2 Å². The van der Waals surface area contributed by atoms with Gasteiger partial charge in [-0.1, -0.05) is 6.07 Å².